The fourth-order valence-electron chi connectivity index (χ4n) is 1.68. The van der Waals surface area contributed by atoms with Gasteiger partial charge in [0.15, 0.2) is 0 Å². The first kappa shape index (κ1) is 9.03. The molecule has 0 radical (unpaired) electrons. The first-order valence-electron chi connectivity index (χ1n) is 5.05. The van der Waals surface area contributed by atoms with Crippen LogP contribution in [0.3, 0.4) is 0 Å². The molecule has 78 valence electrons. The molecule has 0 unspecified atom stereocenters. The van der Waals surface area contributed by atoms with Gasteiger partial charge in [0.05, 0.1) is 16.6 Å². The van der Waals surface area contributed by atoms with E-state index in [1.165, 1.54) is 11.9 Å². The number of aromatic nitrogens is 4. The maximum absolute atomic E-state index is 4.49. The minimum Gasteiger partial charge on any atom is -0.338 e. The van der Waals surface area contributed by atoms with E-state index in [1.54, 1.807) is 12.4 Å². The van der Waals surface area contributed by atoms with Crippen LogP contribution in [0.5, 0.6) is 0 Å². The van der Waals surface area contributed by atoms with Crippen LogP contribution in [-0.2, 0) is 0 Å². The smallest absolute Gasteiger partial charge is 0.141 e. The SMILES string of the molecule is Cc1ccc2nc(-c3cncnc3)[nH]c2c1. The van der Waals surface area contributed by atoms with E-state index in [4.69, 9.17) is 0 Å². The van der Waals surface area contributed by atoms with Crippen LogP contribution in [0.1, 0.15) is 5.56 Å². The van der Waals surface area contributed by atoms with Crippen molar-refractivity contribution in [2.75, 3.05) is 0 Å². The summed E-state index contributed by atoms with van der Waals surface area (Å²) in [5.74, 6) is 0.807. The van der Waals surface area contributed by atoms with Gasteiger partial charge in [-0.15, -0.1) is 0 Å². The van der Waals surface area contributed by atoms with Crippen molar-refractivity contribution >= 4 is 11.0 Å². The van der Waals surface area contributed by atoms with Crippen LogP contribution in [0.15, 0.2) is 36.9 Å². The molecule has 3 aromatic rings. The zero-order valence-corrected chi connectivity index (χ0v) is 8.81. The molecule has 4 heteroatoms. The van der Waals surface area contributed by atoms with Crippen molar-refractivity contribution < 1.29 is 0 Å². The van der Waals surface area contributed by atoms with Gasteiger partial charge in [-0.25, -0.2) is 15.0 Å². The number of rotatable bonds is 1. The fourth-order valence-corrected chi connectivity index (χ4v) is 1.68. The summed E-state index contributed by atoms with van der Waals surface area (Å²) in [6, 6.07) is 6.14. The molecule has 0 spiro atoms. The lowest BCUT2D eigenvalue weighted by Crippen LogP contribution is -1.83. The van der Waals surface area contributed by atoms with Gasteiger partial charge < -0.3 is 4.98 Å². The molecule has 0 atom stereocenters. The molecular formula is C12H10N4. The summed E-state index contributed by atoms with van der Waals surface area (Å²) in [6.45, 7) is 2.06. The van der Waals surface area contributed by atoms with Crippen LogP contribution < -0.4 is 0 Å². The van der Waals surface area contributed by atoms with Crippen LogP contribution in [0.25, 0.3) is 22.4 Å². The van der Waals surface area contributed by atoms with E-state index < -0.39 is 0 Å². The molecule has 2 heterocycles. The minimum absolute atomic E-state index is 0.807. The molecule has 1 aromatic carbocycles. The number of imidazole rings is 1. The van der Waals surface area contributed by atoms with Crippen LogP contribution in [-0.4, -0.2) is 19.9 Å². The van der Waals surface area contributed by atoms with Gasteiger partial charge in [-0.05, 0) is 24.6 Å². The summed E-state index contributed by atoms with van der Waals surface area (Å²) < 4.78 is 0. The van der Waals surface area contributed by atoms with Gasteiger partial charge in [0.1, 0.15) is 12.2 Å². The van der Waals surface area contributed by atoms with Crippen molar-refractivity contribution in [2.45, 2.75) is 6.92 Å². The van der Waals surface area contributed by atoms with Crippen molar-refractivity contribution in [1.82, 2.24) is 19.9 Å². The third kappa shape index (κ3) is 1.44. The predicted octanol–water partition coefficient (Wildman–Crippen LogP) is 2.33. The Morgan fingerprint density at radius 2 is 1.94 bits per heavy atom. The van der Waals surface area contributed by atoms with Gasteiger partial charge in [0.25, 0.3) is 0 Å². The number of nitrogens with zero attached hydrogens (tertiary/aromatic N) is 3. The van der Waals surface area contributed by atoms with E-state index >= 15 is 0 Å². The van der Waals surface area contributed by atoms with E-state index in [0.29, 0.717) is 0 Å². The van der Waals surface area contributed by atoms with E-state index in [9.17, 15) is 0 Å². The van der Waals surface area contributed by atoms with Gasteiger partial charge in [0.2, 0.25) is 0 Å². The average Bonchev–Trinajstić information content (AvgIpc) is 2.73. The van der Waals surface area contributed by atoms with Gasteiger partial charge in [-0.2, -0.15) is 0 Å². The first-order valence-corrected chi connectivity index (χ1v) is 5.05. The molecular weight excluding hydrogens is 200 g/mol. The lowest BCUT2D eigenvalue weighted by Gasteiger charge is -1.92. The number of benzene rings is 1. The summed E-state index contributed by atoms with van der Waals surface area (Å²) in [5, 5.41) is 0. The highest BCUT2D eigenvalue weighted by Crippen LogP contribution is 2.19. The fraction of sp³-hybridized carbons (Fsp3) is 0.0833. The number of fused-ring (bicyclic) bond motifs is 1. The van der Waals surface area contributed by atoms with E-state index in [0.717, 1.165) is 22.4 Å². The molecule has 2 aromatic heterocycles. The second kappa shape index (κ2) is 3.41. The van der Waals surface area contributed by atoms with Crippen LogP contribution in [0.2, 0.25) is 0 Å². The highest BCUT2D eigenvalue weighted by Gasteiger charge is 2.04. The second-order valence-corrected chi connectivity index (χ2v) is 3.73. The Hall–Kier alpha value is -2.23. The van der Waals surface area contributed by atoms with E-state index in [1.807, 2.05) is 6.07 Å². The molecule has 0 saturated carbocycles. The molecule has 0 saturated heterocycles. The molecule has 16 heavy (non-hydrogen) atoms. The molecule has 1 N–H and O–H groups in total. The van der Waals surface area contributed by atoms with Gasteiger partial charge in [0, 0.05) is 12.4 Å². The van der Waals surface area contributed by atoms with Crippen molar-refractivity contribution in [3.8, 4) is 11.4 Å². The number of hydrogen-bond acceptors (Lipinski definition) is 3. The van der Waals surface area contributed by atoms with Crippen molar-refractivity contribution in [3.05, 3.63) is 42.5 Å². The van der Waals surface area contributed by atoms with Crippen LogP contribution in [0, 0.1) is 6.92 Å². The Morgan fingerprint density at radius 3 is 2.75 bits per heavy atom. The Kier molecular flexibility index (Phi) is 1.93. The number of nitrogens with one attached hydrogen (secondary N) is 1. The summed E-state index contributed by atoms with van der Waals surface area (Å²) in [7, 11) is 0. The maximum Gasteiger partial charge on any atom is 0.141 e. The predicted molar refractivity (Wildman–Crippen MR) is 61.9 cm³/mol. The molecule has 0 aliphatic heterocycles. The topological polar surface area (TPSA) is 54.5 Å². The zero-order valence-electron chi connectivity index (χ0n) is 8.81. The normalized spacial score (nSPS) is 10.8. The summed E-state index contributed by atoms with van der Waals surface area (Å²) >= 11 is 0. The minimum atomic E-state index is 0.807. The summed E-state index contributed by atoms with van der Waals surface area (Å²) in [4.78, 5) is 15.7. The van der Waals surface area contributed by atoms with Gasteiger partial charge in [-0.3, -0.25) is 0 Å². The van der Waals surface area contributed by atoms with Crippen LogP contribution in [0.4, 0.5) is 0 Å². The van der Waals surface area contributed by atoms with Crippen LogP contribution >= 0.6 is 0 Å². The molecule has 0 aliphatic rings. The average molecular weight is 210 g/mol. The number of H-pyrrole nitrogens is 1. The second-order valence-electron chi connectivity index (χ2n) is 3.73. The van der Waals surface area contributed by atoms with Crippen molar-refractivity contribution in [2.24, 2.45) is 0 Å². The Bertz CT molecular complexity index is 628. The lowest BCUT2D eigenvalue weighted by molar-refractivity contribution is 1.15. The largest absolute Gasteiger partial charge is 0.338 e. The van der Waals surface area contributed by atoms with E-state index in [2.05, 4.69) is 39.0 Å². The first-order chi connectivity index (χ1) is 7.83. The van der Waals surface area contributed by atoms with Gasteiger partial charge >= 0.3 is 0 Å². The molecule has 0 bridgehead atoms. The molecule has 0 amide bonds. The molecule has 4 nitrogen and oxygen atoms in total. The summed E-state index contributed by atoms with van der Waals surface area (Å²) in [5.41, 5.74) is 4.12. The lowest BCUT2D eigenvalue weighted by atomic mass is 10.2. The van der Waals surface area contributed by atoms with Crippen molar-refractivity contribution in [1.29, 1.82) is 0 Å². The Labute approximate surface area is 92.4 Å². The maximum atomic E-state index is 4.49. The third-order valence-corrected chi connectivity index (χ3v) is 2.47. The number of aromatic amines is 1. The highest BCUT2D eigenvalue weighted by atomic mass is 14.9. The number of aryl methyl sites for hydroxylation is 1. The highest BCUT2D eigenvalue weighted by molar-refractivity contribution is 5.79. The van der Waals surface area contributed by atoms with E-state index in [-0.39, 0.29) is 0 Å². The quantitative estimate of drug-likeness (QED) is 0.670. The molecule has 0 aliphatic carbocycles. The number of hydrogen-bond donors (Lipinski definition) is 1. The monoisotopic (exact) mass is 210 g/mol. The van der Waals surface area contributed by atoms with Crippen molar-refractivity contribution in [3.63, 3.8) is 0 Å². The standard InChI is InChI=1S/C12H10N4/c1-8-2-3-10-11(4-8)16-12(15-10)9-5-13-7-14-6-9/h2-7H,1H3,(H,15,16). The summed E-state index contributed by atoms with van der Waals surface area (Å²) in [6.07, 6.45) is 5.01. The van der Waals surface area contributed by atoms with Gasteiger partial charge in [-0.1, -0.05) is 6.07 Å². The zero-order chi connectivity index (χ0) is 11.0. The molecule has 3 rings (SSSR count). The third-order valence-electron chi connectivity index (χ3n) is 2.47. The molecule has 0 fully saturated rings. The Balaban J connectivity index is 2.19. The Morgan fingerprint density at radius 1 is 1.12 bits per heavy atom.